The van der Waals surface area contributed by atoms with Crippen LogP contribution in [-0.4, -0.2) is 62.8 Å². The zero-order valence-corrected chi connectivity index (χ0v) is 18.8. The van der Waals surface area contributed by atoms with E-state index in [1.807, 2.05) is 4.90 Å². The van der Waals surface area contributed by atoms with E-state index in [-0.39, 0.29) is 30.9 Å². The van der Waals surface area contributed by atoms with Gasteiger partial charge in [0.15, 0.2) is 11.6 Å². The van der Waals surface area contributed by atoms with Crippen LogP contribution < -0.4 is 20.6 Å². The van der Waals surface area contributed by atoms with E-state index in [0.29, 0.717) is 37.6 Å². The highest BCUT2D eigenvalue weighted by atomic mass is 19.2. The summed E-state index contributed by atoms with van der Waals surface area (Å²) < 4.78 is 33.6. The van der Waals surface area contributed by atoms with Crippen LogP contribution in [-0.2, 0) is 17.9 Å². The molecule has 1 saturated heterocycles. The van der Waals surface area contributed by atoms with E-state index in [1.165, 1.54) is 10.6 Å². The Labute approximate surface area is 193 Å². The van der Waals surface area contributed by atoms with Gasteiger partial charge < -0.3 is 25.0 Å². The number of nitrogens with zero attached hydrogens (tertiary/aromatic N) is 4. The van der Waals surface area contributed by atoms with Crippen LogP contribution in [0.4, 0.5) is 19.4 Å². The number of nitrogens with one attached hydrogen (secondary N) is 1. The lowest BCUT2D eigenvalue weighted by molar-refractivity contribution is -0.133. The molecule has 2 N–H and O–H groups in total. The molecule has 0 aliphatic carbocycles. The number of benzene rings is 1. The number of ether oxygens (including phenoxy) is 1. The number of hydrogen-bond donors (Lipinski definition) is 2. The van der Waals surface area contributed by atoms with E-state index >= 15 is 0 Å². The van der Waals surface area contributed by atoms with Gasteiger partial charge in [0.25, 0.3) is 0 Å². The van der Waals surface area contributed by atoms with Crippen molar-refractivity contribution in [1.82, 2.24) is 19.8 Å². The van der Waals surface area contributed by atoms with Crippen LogP contribution in [0.25, 0.3) is 0 Å². The Morgan fingerprint density at radius 1 is 1.21 bits per heavy atom. The highest BCUT2D eigenvalue weighted by molar-refractivity contribution is 5.79. The third-order valence-electron chi connectivity index (χ3n) is 5.90. The maximum Gasteiger partial charge on any atom is 0.405 e. The van der Waals surface area contributed by atoms with Gasteiger partial charge in [-0.1, -0.05) is 6.07 Å². The monoisotopic (exact) mass is 477 g/mol. The second-order valence-electron chi connectivity index (χ2n) is 9.06. The summed E-state index contributed by atoms with van der Waals surface area (Å²) in [5.74, 6) is -1.43. The summed E-state index contributed by atoms with van der Waals surface area (Å²) in [5.41, 5.74) is -1.01. The number of fused-ring (bicyclic) bond motifs is 3. The number of carbonyl (C=O) groups is 2. The van der Waals surface area contributed by atoms with E-state index in [4.69, 9.17) is 9.84 Å². The molecule has 1 fully saturated rings. The van der Waals surface area contributed by atoms with Crippen molar-refractivity contribution in [2.75, 3.05) is 24.5 Å². The number of aromatic nitrogens is 2. The Balaban J connectivity index is 1.42. The first-order valence-corrected chi connectivity index (χ1v) is 10.8. The zero-order chi connectivity index (χ0) is 24.6. The molecule has 2 aliphatic heterocycles. The highest BCUT2D eigenvalue weighted by Gasteiger charge is 2.38. The molecule has 2 amide bonds. The van der Waals surface area contributed by atoms with Crippen LogP contribution in [0.5, 0.6) is 5.88 Å². The van der Waals surface area contributed by atoms with Crippen molar-refractivity contribution < 1.29 is 28.2 Å². The summed E-state index contributed by atoms with van der Waals surface area (Å²) in [7, 11) is 0. The van der Waals surface area contributed by atoms with Crippen LogP contribution in [0, 0.1) is 11.6 Å². The molecule has 2 aliphatic rings. The van der Waals surface area contributed by atoms with Crippen LogP contribution in [0.2, 0.25) is 0 Å². The SMILES string of the molecule is CC(C)(CC(=O)N1CCN2c3cc(OCc4ccc(F)c(F)c4)nc(=O)n3CC2C1)NC(=O)O. The van der Waals surface area contributed by atoms with Crippen LogP contribution in [0.15, 0.2) is 29.1 Å². The van der Waals surface area contributed by atoms with Gasteiger partial charge in [0.05, 0.1) is 12.6 Å². The Hall–Kier alpha value is -3.70. The molecule has 0 spiro atoms. The average Bonchev–Trinajstić information content (AvgIpc) is 3.12. The number of rotatable bonds is 6. The Bertz CT molecular complexity index is 1180. The average molecular weight is 477 g/mol. The number of hydrogen-bond acceptors (Lipinski definition) is 6. The minimum Gasteiger partial charge on any atom is -0.473 e. The van der Waals surface area contributed by atoms with E-state index in [2.05, 4.69) is 10.3 Å². The fraction of sp³-hybridized carbons (Fsp3) is 0.455. The van der Waals surface area contributed by atoms with Gasteiger partial charge in [0, 0.05) is 37.7 Å². The van der Waals surface area contributed by atoms with Crippen molar-refractivity contribution in [3.63, 3.8) is 0 Å². The van der Waals surface area contributed by atoms with E-state index in [0.717, 1.165) is 12.1 Å². The quantitative estimate of drug-likeness (QED) is 0.649. The molecule has 0 saturated carbocycles. The van der Waals surface area contributed by atoms with Crippen molar-refractivity contribution in [2.24, 2.45) is 0 Å². The Morgan fingerprint density at radius 3 is 2.68 bits per heavy atom. The second kappa shape index (κ2) is 8.92. The Kier molecular flexibility index (Phi) is 6.15. The molecule has 34 heavy (non-hydrogen) atoms. The predicted molar refractivity (Wildman–Crippen MR) is 117 cm³/mol. The zero-order valence-electron chi connectivity index (χ0n) is 18.8. The first kappa shape index (κ1) is 23.5. The van der Waals surface area contributed by atoms with Crippen molar-refractivity contribution in [3.8, 4) is 5.88 Å². The molecule has 2 aromatic rings. The topological polar surface area (TPSA) is 117 Å². The number of anilines is 1. The minimum atomic E-state index is -1.19. The molecular formula is C22H25F2N5O5. The fourth-order valence-corrected chi connectivity index (χ4v) is 4.32. The summed E-state index contributed by atoms with van der Waals surface area (Å²) in [4.78, 5) is 43.9. The first-order valence-electron chi connectivity index (χ1n) is 10.8. The van der Waals surface area contributed by atoms with Crippen molar-refractivity contribution in [1.29, 1.82) is 0 Å². The van der Waals surface area contributed by atoms with E-state index in [1.54, 1.807) is 24.8 Å². The van der Waals surface area contributed by atoms with Gasteiger partial charge in [-0.25, -0.2) is 18.4 Å². The van der Waals surface area contributed by atoms with Gasteiger partial charge >= 0.3 is 11.8 Å². The van der Waals surface area contributed by atoms with Gasteiger partial charge in [-0.2, -0.15) is 4.98 Å². The summed E-state index contributed by atoms with van der Waals surface area (Å²) in [6, 6.07) is 4.90. The fourth-order valence-electron chi connectivity index (χ4n) is 4.32. The number of amides is 2. The van der Waals surface area contributed by atoms with E-state index in [9.17, 15) is 23.2 Å². The van der Waals surface area contributed by atoms with Gasteiger partial charge in [-0.3, -0.25) is 9.36 Å². The third kappa shape index (κ3) is 4.95. The summed E-state index contributed by atoms with van der Waals surface area (Å²) in [5, 5.41) is 11.3. The molecule has 182 valence electrons. The largest absolute Gasteiger partial charge is 0.473 e. The summed E-state index contributed by atoms with van der Waals surface area (Å²) in [6.45, 7) is 4.84. The molecule has 1 aromatic carbocycles. The van der Waals surface area contributed by atoms with E-state index < -0.39 is 29.0 Å². The second-order valence-corrected chi connectivity index (χ2v) is 9.06. The smallest absolute Gasteiger partial charge is 0.405 e. The van der Waals surface area contributed by atoms with Gasteiger partial charge in [-0.05, 0) is 31.5 Å². The number of halogens is 2. The number of carbonyl (C=O) groups excluding carboxylic acids is 1. The standard InChI is InChI=1S/C22H25F2N5O5/c1-22(2,26-21(32)33)9-19(30)27-5-6-28-14(10-27)11-29-18(28)8-17(25-20(29)31)34-12-13-3-4-15(23)16(24)7-13/h3-4,7-8,14,26H,5-6,9-12H2,1-2H3,(H,32,33). The minimum absolute atomic E-state index is 0.0163. The lowest BCUT2D eigenvalue weighted by Gasteiger charge is -2.39. The molecule has 1 aromatic heterocycles. The van der Waals surface area contributed by atoms with Crippen molar-refractivity contribution in [2.45, 2.75) is 45.0 Å². The number of piperazine rings is 1. The molecule has 4 rings (SSSR count). The molecule has 1 unspecified atom stereocenters. The molecule has 1 atom stereocenters. The predicted octanol–water partition coefficient (Wildman–Crippen LogP) is 1.57. The van der Waals surface area contributed by atoms with Crippen LogP contribution in [0.1, 0.15) is 25.8 Å². The summed E-state index contributed by atoms with van der Waals surface area (Å²) >= 11 is 0. The Morgan fingerprint density at radius 2 is 1.97 bits per heavy atom. The van der Waals surface area contributed by atoms with Gasteiger partial charge in [-0.15, -0.1) is 0 Å². The highest BCUT2D eigenvalue weighted by Crippen LogP contribution is 2.30. The maximum atomic E-state index is 13.4. The molecular weight excluding hydrogens is 452 g/mol. The third-order valence-corrected chi connectivity index (χ3v) is 5.90. The van der Waals surface area contributed by atoms with Gasteiger partial charge in [0.1, 0.15) is 12.4 Å². The first-order chi connectivity index (χ1) is 16.0. The molecule has 12 heteroatoms. The lowest BCUT2D eigenvalue weighted by atomic mass is 9.99. The van der Waals surface area contributed by atoms with Crippen molar-refractivity contribution >= 4 is 17.8 Å². The van der Waals surface area contributed by atoms with Gasteiger partial charge in [0.2, 0.25) is 11.8 Å². The van der Waals surface area contributed by atoms with Crippen LogP contribution >= 0.6 is 0 Å². The van der Waals surface area contributed by atoms with Crippen LogP contribution in [0.3, 0.4) is 0 Å². The lowest BCUT2D eigenvalue weighted by Crippen LogP contribution is -2.55. The molecule has 0 bridgehead atoms. The molecule has 10 nitrogen and oxygen atoms in total. The van der Waals surface area contributed by atoms with Crippen molar-refractivity contribution in [3.05, 3.63) is 51.9 Å². The molecule has 0 radical (unpaired) electrons. The maximum absolute atomic E-state index is 13.4. The number of carboxylic acid groups (broad SMARTS) is 1. The summed E-state index contributed by atoms with van der Waals surface area (Å²) in [6.07, 6.45) is -1.18. The molecule has 3 heterocycles. The normalized spacial score (nSPS) is 17.2.